The van der Waals surface area contributed by atoms with Crippen molar-refractivity contribution in [1.82, 2.24) is 5.32 Å². The molecule has 0 amide bonds. The summed E-state index contributed by atoms with van der Waals surface area (Å²) in [5.41, 5.74) is 5.75. The number of aryl methyl sites for hydroxylation is 2. The molecule has 2 aromatic carbocycles. The van der Waals surface area contributed by atoms with Gasteiger partial charge in [-0.1, -0.05) is 61.0 Å². The second-order valence-electron chi connectivity index (χ2n) is 5.83. The maximum absolute atomic E-state index is 3.86. The van der Waals surface area contributed by atoms with Crippen molar-refractivity contribution in [2.75, 3.05) is 0 Å². The Bertz CT molecular complexity index is 571. The standard InChI is InChI=1S/C19H23N/c1-3-18(16-10-8-14(2)9-11-16)20-19-13-12-15-6-4-5-7-17(15)19/h4-11,18-20H,3,12-13H2,1-2H3. The van der Waals surface area contributed by atoms with Crippen LogP contribution >= 0.6 is 0 Å². The Hall–Kier alpha value is -1.60. The van der Waals surface area contributed by atoms with Gasteiger partial charge in [-0.05, 0) is 42.9 Å². The van der Waals surface area contributed by atoms with E-state index in [0.717, 1.165) is 6.42 Å². The quantitative estimate of drug-likeness (QED) is 0.843. The Morgan fingerprint density at radius 3 is 2.60 bits per heavy atom. The lowest BCUT2D eigenvalue weighted by Gasteiger charge is -2.23. The van der Waals surface area contributed by atoms with E-state index in [-0.39, 0.29) is 0 Å². The van der Waals surface area contributed by atoms with Crippen molar-refractivity contribution < 1.29 is 0 Å². The topological polar surface area (TPSA) is 12.0 Å². The summed E-state index contributed by atoms with van der Waals surface area (Å²) in [5.74, 6) is 0. The van der Waals surface area contributed by atoms with Gasteiger partial charge in [0.1, 0.15) is 0 Å². The van der Waals surface area contributed by atoms with E-state index in [2.05, 4.69) is 67.7 Å². The van der Waals surface area contributed by atoms with Crippen molar-refractivity contribution >= 4 is 0 Å². The van der Waals surface area contributed by atoms with Crippen LogP contribution in [0.5, 0.6) is 0 Å². The van der Waals surface area contributed by atoms with Gasteiger partial charge in [-0.2, -0.15) is 0 Å². The Balaban J connectivity index is 1.78. The van der Waals surface area contributed by atoms with Crippen LogP contribution in [0.4, 0.5) is 0 Å². The summed E-state index contributed by atoms with van der Waals surface area (Å²) in [6.45, 7) is 4.41. The number of hydrogen-bond donors (Lipinski definition) is 1. The molecule has 0 aliphatic heterocycles. The molecule has 0 aromatic heterocycles. The first-order valence-electron chi connectivity index (χ1n) is 7.68. The van der Waals surface area contributed by atoms with Gasteiger partial charge in [0.05, 0.1) is 0 Å². The maximum atomic E-state index is 3.86. The van der Waals surface area contributed by atoms with Gasteiger partial charge in [-0.15, -0.1) is 0 Å². The van der Waals surface area contributed by atoms with Gasteiger partial charge in [0.25, 0.3) is 0 Å². The van der Waals surface area contributed by atoms with E-state index in [0.29, 0.717) is 12.1 Å². The SMILES string of the molecule is CCC(NC1CCc2ccccc21)c1ccc(C)cc1. The molecule has 1 aliphatic rings. The lowest BCUT2D eigenvalue weighted by molar-refractivity contribution is 0.433. The lowest BCUT2D eigenvalue weighted by atomic mass is 10.0. The zero-order valence-corrected chi connectivity index (χ0v) is 12.4. The first kappa shape index (κ1) is 13.4. The van der Waals surface area contributed by atoms with E-state index in [1.54, 1.807) is 0 Å². The van der Waals surface area contributed by atoms with Gasteiger partial charge in [0.15, 0.2) is 0 Å². The van der Waals surface area contributed by atoms with Crippen LogP contribution in [0, 0.1) is 6.92 Å². The fourth-order valence-corrected chi connectivity index (χ4v) is 3.22. The van der Waals surface area contributed by atoms with Crippen molar-refractivity contribution in [3.8, 4) is 0 Å². The van der Waals surface area contributed by atoms with E-state index >= 15 is 0 Å². The molecule has 1 N–H and O–H groups in total. The molecular formula is C19H23N. The van der Waals surface area contributed by atoms with Crippen molar-refractivity contribution in [3.05, 3.63) is 70.8 Å². The monoisotopic (exact) mass is 265 g/mol. The van der Waals surface area contributed by atoms with Crippen LogP contribution in [0.2, 0.25) is 0 Å². The number of fused-ring (bicyclic) bond motifs is 1. The molecule has 0 radical (unpaired) electrons. The summed E-state index contributed by atoms with van der Waals surface area (Å²) in [6, 6.07) is 18.8. The summed E-state index contributed by atoms with van der Waals surface area (Å²) >= 11 is 0. The van der Waals surface area contributed by atoms with Crippen LogP contribution in [0.1, 0.15) is 54.1 Å². The van der Waals surface area contributed by atoms with E-state index in [9.17, 15) is 0 Å². The van der Waals surface area contributed by atoms with E-state index < -0.39 is 0 Å². The second-order valence-corrected chi connectivity index (χ2v) is 5.83. The molecular weight excluding hydrogens is 242 g/mol. The summed E-state index contributed by atoms with van der Waals surface area (Å²) in [5, 5.41) is 3.86. The fraction of sp³-hybridized carbons (Fsp3) is 0.368. The van der Waals surface area contributed by atoms with Crippen molar-refractivity contribution in [1.29, 1.82) is 0 Å². The van der Waals surface area contributed by atoms with Crippen LogP contribution in [0.25, 0.3) is 0 Å². The predicted molar refractivity (Wildman–Crippen MR) is 84.9 cm³/mol. The Morgan fingerprint density at radius 1 is 1.10 bits per heavy atom. The average Bonchev–Trinajstić information content (AvgIpc) is 2.89. The van der Waals surface area contributed by atoms with Gasteiger partial charge >= 0.3 is 0 Å². The minimum Gasteiger partial charge on any atom is -0.303 e. The molecule has 0 bridgehead atoms. The molecule has 2 atom stereocenters. The van der Waals surface area contributed by atoms with Crippen LogP contribution in [-0.4, -0.2) is 0 Å². The minimum atomic E-state index is 0.451. The predicted octanol–water partition coefficient (Wildman–Crippen LogP) is 4.72. The Morgan fingerprint density at radius 2 is 1.85 bits per heavy atom. The third kappa shape index (κ3) is 2.64. The van der Waals surface area contributed by atoms with E-state index in [1.165, 1.54) is 35.1 Å². The Labute approximate surface area is 122 Å². The number of rotatable bonds is 4. The van der Waals surface area contributed by atoms with Crippen molar-refractivity contribution in [2.24, 2.45) is 0 Å². The maximum Gasteiger partial charge on any atom is 0.0331 e. The fourth-order valence-electron chi connectivity index (χ4n) is 3.22. The van der Waals surface area contributed by atoms with Crippen LogP contribution in [0.15, 0.2) is 48.5 Å². The molecule has 0 spiro atoms. The first-order chi connectivity index (χ1) is 9.78. The van der Waals surface area contributed by atoms with E-state index in [4.69, 9.17) is 0 Å². The number of hydrogen-bond acceptors (Lipinski definition) is 1. The van der Waals surface area contributed by atoms with Crippen LogP contribution < -0.4 is 5.32 Å². The number of benzene rings is 2. The lowest BCUT2D eigenvalue weighted by Crippen LogP contribution is -2.24. The highest BCUT2D eigenvalue weighted by Gasteiger charge is 2.24. The number of nitrogens with one attached hydrogen (secondary N) is 1. The largest absolute Gasteiger partial charge is 0.303 e. The average molecular weight is 265 g/mol. The molecule has 104 valence electrons. The van der Waals surface area contributed by atoms with E-state index in [1.807, 2.05) is 0 Å². The summed E-state index contributed by atoms with van der Waals surface area (Å²) in [7, 11) is 0. The molecule has 0 heterocycles. The van der Waals surface area contributed by atoms with Gasteiger partial charge in [-0.25, -0.2) is 0 Å². The van der Waals surface area contributed by atoms with Crippen molar-refractivity contribution in [3.63, 3.8) is 0 Å². The molecule has 1 aliphatic carbocycles. The zero-order valence-electron chi connectivity index (χ0n) is 12.4. The zero-order chi connectivity index (χ0) is 13.9. The molecule has 1 heteroatoms. The normalized spacial score (nSPS) is 18.8. The first-order valence-corrected chi connectivity index (χ1v) is 7.68. The molecule has 1 nitrogen and oxygen atoms in total. The molecule has 3 rings (SSSR count). The molecule has 0 fully saturated rings. The highest BCUT2D eigenvalue weighted by atomic mass is 15.0. The smallest absolute Gasteiger partial charge is 0.0331 e. The van der Waals surface area contributed by atoms with Crippen molar-refractivity contribution in [2.45, 2.75) is 45.2 Å². The Kier molecular flexibility index (Phi) is 3.88. The highest BCUT2D eigenvalue weighted by molar-refractivity contribution is 5.35. The van der Waals surface area contributed by atoms with Gasteiger partial charge in [0.2, 0.25) is 0 Å². The molecule has 2 unspecified atom stereocenters. The molecule has 20 heavy (non-hydrogen) atoms. The van der Waals surface area contributed by atoms with Gasteiger partial charge < -0.3 is 5.32 Å². The van der Waals surface area contributed by atoms with Gasteiger partial charge in [0, 0.05) is 12.1 Å². The third-order valence-corrected chi connectivity index (χ3v) is 4.42. The summed E-state index contributed by atoms with van der Waals surface area (Å²) in [6.07, 6.45) is 3.56. The summed E-state index contributed by atoms with van der Waals surface area (Å²) in [4.78, 5) is 0. The third-order valence-electron chi connectivity index (χ3n) is 4.42. The summed E-state index contributed by atoms with van der Waals surface area (Å²) < 4.78 is 0. The second kappa shape index (κ2) is 5.80. The highest BCUT2D eigenvalue weighted by Crippen LogP contribution is 2.33. The minimum absolute atomic E-state index is 0.451. The van der Waals surface area contributed by atoms with Crippen LogP contribution in [0.3, 0.4) is 0 Å². The molecule has 2 aromatic rings. The van der Waals surface area contributed by atoms with Gasteiger partial charge in [-0.3, -0.25) is 0 Å². The molecule has 0 saturated heterocycles. The molecule has 0 saturated carbocycles. The van der Waals surface area contributed by atoms with Crippen LogP contribution in [-0.2, 0) is 6.42 Å².